The number of rotatable bonds is 4. The molecule has 46 heavy (non-hydrogen) atoms. The highest BCUT2D eigenvalue weighted by molar-refractivity contribution is 6.62. The van der Waals surface area contributed by atoms with E-state index in [0.717, 1.165) is 50.2 Å². The minimum atomic E-state index is -0.981. The van der Waals surface area contributed by atoms with Crippen molar-refractivity contribution in [3.63, 3.8) is 0 Å². The van der Waals surface area contributed by atoms with Gasteiger partial charge in [-0.15, -0.1) is 0 Å². The fourth-order valence-electron chi connectivity index (χ4n) is 7.96. The summed E-state index contributed by atoms with van der Waals surface area (Å²) in [5.74, 6) is 1.46. The van der Waals surface area contributed by atoms with E-state index in [1.54, 1.807) is 7.11 Å². The summed E-state index contributed by atoms with van der Waals surface area (Å²) in [6.45, 7) is 20.8. The zero-order valence-electron chi connectivity index (χ0n) is 29.0. The molecular weight excluding hydrogens is 577 g/mol. The first-order chi connectivity index (χ1) is 21.4. The Morgan fingerprint density at radius 3 is 2.13 bits per heavy atom. The lowest BCUT2D eigenvalue weighted by molar-refractivity contribution is 0.00578. The molecule has 3 aliphatic heterocycles. The zero-order chi connectivity index (χ0) is 33.6. The van der Waals surface area contributed by atoms with Crippen molar-refractivity contribution in [3.8, 4) is 22.6 Å². The van der Waals surface area contributed by atoms with Gasteiger partial charge in [-0.3, -0.25) is 4.90 Å². The molecule has 3 aromatic rings. The van der Waals surface area contributed by atoms with Gasteiger partial charge < -0.3 is 23.9 Å². The summed E-state index contributed by atoms with van der Waals surface area (Å²) in [6, 6.07) is 18.2. The maximum atomic E-state index is 13.0. The van der Waals surface area contributed by atoms with Gasteiger partial charge in [-0.1, -0.05) is 57.2 Å². The number of ether oxygens (including phenoxy) is 2. The SMILES string of the molecule is COc1cccc2c1-c1ccc3c(c1C(Cc1ccc(B4OC(C)(C)C(C)(C)O4)cc1)O2)C(C)=C(C(C)(C)C)C(C)(C)N3C(=O)O. The van der Waals surface area contributed by atoms with Crippen molar-refractivity contribution in [2.24, 2.45) is 5.41 Å². The fraction of sp³-hybridized carbons (Fsp3) is 0.447. The van der Waals surface area contributed by atoms with Crippen LogP contribution < -0.4 is 19.8 Å². The number of benzene rings is 3. The van der Waals surface area contributed by atoms with Gasteiger partial charge in [-0.05, 0) is 99.8 Å². The zero-order valence-corrected chi connectivity index (χ0v) is 29.0. The highest BCUT2D eigenvalue weighted by atomic mass is 16.7. The molecule has 0 bridgehead atoms. The molecular formula is C38H46BNO6. The number of amides is 1. The molecule has 0 aromatic heterocycles. The Kier molecular flexibility index (Phi) is 7.45. The summed E-state index contributed by atoms with van der Waals surface area (Å²) in [6.07, 6.45) is -0.775. The van der Waals surface area contributed by atoms with Gasteiger partial charge in [0.25, 0.3) is 0 Å². The van der Waals surface area contributed by atoms with Crippen molar-refractivity contribution >= 4 is 29.9 Å². The van der Waals surface area contributed by atoms with Gasteiger partial charge in [0.15, 0.2) is 0 Å². The lowest BCUT2D eigenvalue weighted by Gasteiger charge is -2.49. The molecule has 3 aromatic carbocycles. The van der Waals surface area contributed by atoms with Crippen molar-refractivity contribution in [2.75, 3.05) is 12.0 Å². The standard InChI is InChI=1S/C38H46BNO6/c1-22-30-26(40(34(41)42)36(5,6)33(22)35(2,3)4)20-19-25-31-27(43-11)13-12-14-28(31)44-29(32(25)30)21-23-15-17-24(18-16-23)39-45-37(7,8)38(9,10)46-39/h12-20,29H,21H2,1-11H3,(H,41,42). The highest BCUT2D eigenvalue weighted by Gasteiger charge is 2.52. The van der Waals surface area contributed by atoms with E-state index in [0.29, 0.717) is 17.9 Å². The first kappa shape index (κ1) is 32.2. The van der Waals surface area contributed by atoms with E-state index in [2.05, 4.69) is 79.7 Å². The predicted octanol–water partition coefficient (Wildman–Crippen LogP) is 8.43. The summed E-state index contributed by atoms with van der Waals surface area (Å²) < 4.78 is 25.3. The molecule has 0 saturated carbocycles. The molecule has 0 aliphatic carbocycles. The molecule has 1 fully saturated rings. The van der Waals surface area contributed by atoms with Crippen molar-refractivity contribution in [2.45, 2.75) is 98.5 Å². The molecule has 7 nitrogen and oxygen atoms in total. The van der Waals surface area contributed by atoms with Crippen LogP contribution in [0.5, 0.6) is 11.5 Å². The quantitative estimate of drug-likeness (QED) is 0.294. The smallest absolute Gasteiger partial charge is 0.494 e. The molecule has 1 N–H and O–H groups in total. The Balaban J connectivity index is 1.51. The summed E-state index contributed by atoms with van der Waals surface area (Å²) >= 11 is 0. The first-order valence-corrected chi connectivity index (χ1v) is 16.1. The maximum Gasteiger partial charge on any atom is 0.494 e. The molecule has 1 unspecified atom stereocenters. The summed E-state index contributed by atoms with van der Waals surface area (Å²) in [7, 11) is 1.23. The Labute approximate surface area is 273 Å². The molecule has 3 heterocycles. The second-order valence-corrected chi connectivity index (χ2v) is 15.3. The number of methoxy groups -OCH3 is 1. The van der Waals surface area contributed by atoms with Crippen molar-refractivity contribution < 1.29 is 28.7 Å². The van der Waals surface area contributed by atoms with E-state index in [9.17, 15) is 9.90 Å². The average molecular weight is 624 g/mol. The Morgan fingerprint density at radius 2 is 1.57 bits per heavy atom. The fourth-order valence-corrected chi connectivity index (χ4v) is 7.96. The third-order valence-corrected chi connectivity index (χ3v) is 10.3. The molecule has 3 aliphatic rings. The van der Waals surface area contributed by atoms with E-state index in [4.69, 9.17) is 18.8 Å². The van der Waals surface area contributed by atoms with Crippen molar-refractivity contribution in [1.82, 2.24) is 0 Å². The Morgan fingerprint density at radius 1 is 0.935 bits per heavy atom. The van der Waals surface area contributed by atoms with E-state index < -0.39 is 30.0 Å². The van der Waals surface area contributed by atoms with Crippen LogP contribution in [0.4, 0.5) is 10.5 Å². The van der Waals surface area contributed by atoms with Crippen molar-refractivity contribution in [1.29, 1.82) is 0 Å². The summed E-state index contributed by atoms with van der Waals surface area (Å²) in [5.41, 5.74) is 6.79. The maximum absolute atomic E-state index is 13.0. The van der Waals surface area contributed by atoms with Crippen LogP contribution >= 0.6 is 0 Å². The number of nitrogens with zero attached hydrogens (tertiary/aromatic N) is 1. The van der Waals surface area contributed by atoms with Gasteiger partial charge in [0.2, 0.25) is 0 Å². The topological polar surface area (TPSA) is 77.5 Å². The number of carbonyl (C=O) groups is 1. The van der Waals surface area contributed by atoms with Gasteiger partial charge in [-0.25, -0.2) is 4.79 Å². The van der Waals surface area contributed by atoms with Gasteiger partial charge >= 0.3 is 13.2 Å². The van der Waals surface area contributed by atoms with Gasteiger partial charge in [0.1, 0.15) is 17.6 Å². The van der Waals surface area contributed by atoms with Crippen LogP contribution in [0.3, 0.4) is 0 Å². The highest BCUT2D eigenvalue weighted by Crippen LogP contribution is 2.56. The molecule has 1 amide bonds. The van der Waals surface area contributed by atoms with E-state index >= 15 is 0 Å². The molecule has 0 spiro atoms. The predicted molar refractivity (Wildman–Crippen MR) is 184 cm³/mol. The molecule has 242 valence electrons. The molecule has 1 saturated heterocycles. The lowest BCUT2D eigenvalue weighted by Crippen LogP contribution is -2.54. The van der Waals surface area contributed by atoms with Crippen LogP contribution in [-0.2, 0) is 15.7 Å². The van der Waals surface area contributed by atoms with E-state index in [1.807, 2.05) is 44.2 Å². The van der Waals surface area contributed by atoms with Gasteiger partial charge in [-0.2, -0.15) is 0 Å². The van der Waals surface area contributed by atoms with Crippen molar-refractivity contribution in [3.05, 3.63) is 76.9 Å². The van der Waals surface area contributed by atoms with E-state index in [1.165, 1.54) is 4.90 Å². The van der Waals surface area contributed by atoms with Crippen LogP contribution in [0, 0.1) is 5.41 Å². The summed E-state index contributed by atoms with van der Waals surface area (Å²) in [4.78, 5) is 14.5. The number of hydrogen-bond donors (Lipinski definition) is 1. The number of carboxylic acid groups (broad SMARTS) is 1. The molecule has 1 atom stereocenters. The largest absolute Gasteiger partial charge is 0.496 e. The van der Waals surface area contributed by atoms with Gasteiger partial charge in [0, 0.05) is 17.5 Å². The van der Waals surface area contributed by atoms with Crippen LogP contribution in [0.25, 0.3) is 16.7 Å². The van der Waals surface area contributed by atoms with E-state index in [-0.39, 0.29) is 11.5 Å². The Bertz CT molecular complexity index is 1730. The first-order valence-electron chi connectivity index (χ1n) is 16.1. The third kappa shape index (κ3) is 4.92. The van der Waals surface area contributed by atoms with Crippen LogP contribution in [0.2, 0.25) is 0 Å². The number of anilines is 1. The molecule has 6 rings (SSSR count). The Hall–Kier alpha value is -3.75. The molecule has 0 radical (unpaired) electrons. The number of fused-ring (bicyclic) bond motifs is 5. The summed E-state index contributed by atoms with van der Waals surface area (Å²) in [5, 5.41) is 10.6. The monoisotopic (exact) mass is 623 g/mol. The lowest BCUT2D eigenvalue weighted by atomic mass is 9.68. The number of hydrogen-bond acceptors (Lipinski definition) is 5. The average Bonchev–Trinajstić information content (AvgIpc) is 3.17. The van der Waals surface area contributed by atoms with Crippen LogP contribution in [0.1, 0.15) is 92.0 Å². The van der Waals surface area contributed by atoms with Crippen LogP contribution in [0.15, 0.2) is 60.2 Å². The minimum absolute atomic E-state index is 0.286. The van der Waals surface area contributed by atoms with Gasteiger partial charge in [0.05, 0.1) is 35.1 Å². The normalized spacial score (nSPS) is 20.9. The second-order valence-electron chi connectivity index (χ2n) is 15.3. The molecule has 8 heteroatoms. The minimum Gasteiger partial charge on any atom is -0.496 e. The third-order valence-electron chi connectivity index (χ3n) is 10.3. The number of allylic oxidation sites excluding steroid dienone is 1. The van der Waals surface area contributed by atoms with Crippen LogP contribution in [-0.4, -0.2) is 42.2 Å². The second kappa shape index (κ2) is 10.6.